The molecule has 2 rings (SSSR count). The summed E-state index contributed by atoms with van der Waals surface area (Å²) in [6.45, 7) is 0.0292. The maximum Gasteiger partial charge on any atom is 0.358 e. The van der Waals surface area contributed by atoms with Gasteiger partial charge in [-0.1, -0.05) is 5.16 Å². The van der Waals surface area contributed by atoms with E-state index in [2.05, 4.69) is 5.16 Å². The Morgan fingerprint density at radius 3 is 2.89 bits per heavy atom. The first kappa shape index (κ1) is 12.5. The fourth-order valence-corrected chi connectivity index (χ4v) is 1.42. The molecular weight excluding hydrogens is 258 g/mol. The van der Waals surface area contributed by atoms with Gasteiger partial charge < -0.3 is 14.2 Å². The maximum atomic E-state index is 11.2. The van der Waals surface area contributed by atoms with Gasteiger partial charge >= 0.3 is 11.7 Å². The Labute approximate surface area is 104 Å². The van der Waals surface area contributed by atoms with Gasteiger partial charge in [-0.15, -0.1) is 0 Å². The normalized spacial score (nSPS) is 10.3. The highest BCUT2D eigenvalue weighted by molar-refractivity contribution is 5.85. The van der Waals surface area contributed by atoms with Crippen molar-refractivity contribution in [1.29, 1.82) is 0 Å². The second kappa shape index (κ2) is 4.72. The Bertz CT molecular complexity index is 701. The molecule has 2 aromatic rings. The number of carbonyl (C=O) groups is 1. The van der Waals surface area contributed by atoms with E-state index in [0.717, 1.165) is 12.3 Å². The number of rotatable bonds is 4. The number of nitro groups is 1. The average Bonchev–Trinajstić information content (AvgIpc) is 2.80. The summed E-state index contributed by atoms with van der Waals surface area (Å²) in [6, 6.07) is 2.25. The molecule has 0 radical (unpaired) electrons. The minimum Gasteiger partial charge on any atom is -0.476 e. The molecule has 9 heteroatoms. The van der Waals surface area contributed by atoms with Gasteiger partial charge in [-0.2, -0.15) is 0 Å². The lowest BCUT2D eigenvalue weighted by Gasteiger charge is -2.01. The third-order valence-corrected chi connectivity index (χ3v) is 2.27. The van der Waals surface area contributed by atoms with Gasteiger partial charge in [0, 0.05) is 18.3 Å². The SMILES string of the molecule is O=C(O)c1cc(Cn2ccc(=O)c([N+](=O)[O-])c2)on1. The quantitative estimate of drug-likeness (QED) is 0.629. The van der Waals surface area contributed by atoms with Gasteiger partial charge in [0.2, 0.25) is 0 Å². The summed E-state index contributed by atoms with van der Waals surface area (Å²) in [5.74, 6) is -1.03. The van der Waals surface area contributed by atoms with Crippen molar-refractivity contribution in [3.63, 3.8) is 0 Å². The van der Waals surface area contributed by atoms with Crippen LogP contribution in [0.15, 0.2) is 33.8 Å². The van der Waals surface area contributed by atoms with Crippen LogP contribution in [-0.4, -0.2) is 25.7 Å². The number of hydrogen-bond donors (Lipinski definition) is 1. The lowest BCUT2D eigenvalue weighted by Crippen LogP contribution is -2.11. The topological polar surface area (TPSA) is 128 Å². The molecular formula is C10H7N3O6. The van der Waals surface area contributed by atoms with Crippen LogP contribution in [-0.2, 0) is 6.54 Å². The monoisotopic (exact) mass is 265 g/mol. The van der Waals surface area contributed by atoms with Gasteiger partial charge in [0.1, 0.15) is 0 Å². The van der Waals surface area contributed by atoms with Gasteiger partial charge in [0.25, 0.3) is 5.43 Å². The van der Waals surface area contributed by atoms with Gasteiger partial charge in [0.15, 0.2) is 11.5 Å². The molecule has 2 aromatic heterocycles. The molecule has 2 heterocycles. The highest BCUT2D eigenvalue weighted by Gasteiger charge is 2.14. The summed E-state index contributed by atoms with van der Waals surface area (Å²) in [5, 5.41) is 22.6. The number of carboxylic acid groups (broad SMARTS) is 1. The van der Waals surface area contributed by atoms with Crippen molar-refractivity contribution in [2.45, 2.75) is 6.54 Å². The fourth-order valence-electron chi connectivity index (χ4n) is 1.42. The van der Waals surface area contributed by atoms with Crippen molar-refractivity contribution >= 4 is 11.7 Å². The molecule has 0 bridgehead atoms. The summed E-state index contributed by atoms with van der Waals surface area (Å²) in [4.78, 5) is 31.6. The summed E-state index contributed by atoms with van der Waals surface area (Å²) in [7, 11) is 0. The van der Waals surface area contributed by atoms with Crippen LogP contribution in [0.25, 0.3) is 0 Å². The van der Waals surface area contributed by atoms with E-state index in [9.17, 15) is 19.7 Å². The first-order chi connectivity index (χ1) is 8.97. The number of hydrogen-bond acceptors (Lipinski definition) is 6. The fraction of sp³-hybridized carbons (Fsp3) is 0.100. The molecule has 9 nitrogen and oxygen atoms in total. The van der Waals surface area contributed by atoms with E-state index in [1.54, 1.807) is 0 Å². The second-order valence-corrected chi connectivity index (χ2v) is 3.61. The smallest absolute Gasteiger partial charge is 0.358 e. The van der Waals surface area contributed by atoms with Gasteiger partial charge in [-0.05, 0) is 0 Å². The molecule has 0 fully saturated rings. The van der Waals surface area contributed by atoms with Gasteiger partial charge in [0.05, 0.1) is 17.7 Å². The number of aromatic carboxylic acids is 1. The summed E-state index contributed by atoms with van der Waals surface area (Å²) in [5.41, 5.74) is -1.53. The molecule has 19 heavy (non-hydrogen) atoms. The van der Waals surface area contributed by atoms with E-state index in [-0.39, 0.29) is 18.0 Å². The predicted octanol–water partition coefficient (Wildman–Crippen LogP) is 0.491. The van der Waals surface area contributed by atoms with Crippen LogP contribution in [0, 0.1) is 10.1 Å². The van der Waals surface area contributed by atoms with Crippen LogP contribution in [0.3, 0.4) is 0 Å². The van der Waals surface area contributed by atoms with Crippen molar-refractivity contribution in [3.05, 3.63) is 56.3 Å². The van der Waals surface area contributed by atoms with Gasteiger partial charge in [-0.3, -0.25) is 14.9 Å². The number of nitrogens with zero attached hydrogens (tertiary/aromatic N) is 3. The van der Waals surface area contributed by atoms with Crippen molar-refractivity contribution in [3.8, 4) is 0 Å². The highest BCUT2D eigenvalue weighted by atomic mass is 16.6. The number of pyridine rings is 1. The molecule has 0 aliphatic rings. The molecule has 0 aromatic carbocycles. The third-order valence-electron chi connectivity index (χ3n) is 2.27. The first-order valence-corrected chi connectivity index (χ1v) is 5.01. The van der Waals surface area contributed by atoms with E-state index in [1.807, 2.05) is 0 Å². The summed E-state index contributed by atoms with van der Waals surface area (Å²) >= 11 is 0. The largest absolute Gasteiger partial charge is 0.476 e. The zero-order valence-corrected chi connectivity index (χ0v) is 9.35. The molecule has 0 atom stereocenters. The Morgan fingerprint density at radius 1 is 1.58 bits per heavy atom. The Morgan fingerprint density at radius 2 is 2.32 bits per heavy atom. The zero-order valence-electron chi connectivity index (χ0n) is 9.35. The van der Waals surface area contributed by atoms with Crippen LogP contribution >= 0.6 is 0 Å². The molecule has 0 aliphatic heterocycles. The number of carboxylic acids is 1. The molecule has 0 saturated heterocycles. The summed E-state index contributed by atoms with van der Waals surface area (Å²) < 4.78 is 6.09. The van der Waals surface area contributed by atoms with Crippen molar-refractivity contribution in [1.82, 2.24) is 9.72 Å². The zero-order chi connectivity index (χ0) is 14.0. The van der Waals surface area contributed by atoms with E-state index in [1.165, 1.54) is 16.8 Å². The average molecular weight is 265 g/mol. The second-order valence-electron chi connectivity index (χ2n) is 3.61. The van der Waals surface area contributed by atoms with Crippen molar-refractivity contribution in [2.24, 2.45) is 0 Å². The van der Waals surface area contributed by atoms with Crippen LogP contribution in [0.5, 0.6) is 0 Å². The van der Waals surface area contributed by atoms with Crippen molar-refractivity contribution < 1.29 is 19.3 Å². The number of aromatic nitrogens is 2. The molecule has 0 aliphatic carbocycles. The third kappa shape index (κ3) is 2.65. The van der Waals surface area contributed by atoms with E-state index in [4.69, 9.17) is 9.63 Å². The Kier molecular flexibility index (Phi) is 3.10. The van der Waals surface area contributed by atoms with Crippen molar-refractivity contribution in [2.75, 3.05) is 0 Å². The molecule has 0 amide bonds. The lowest BCUT2D eigenvalue weighted by molar-refractivity contribution is -0.386. The highest BCUT2D eigenvalue weighted by Crippen LogP contribution is 2.08. The van der Waals surface area contributed by atoms with Crippen LogP contribution in [0.4, 0.5) is 5.69 Å². The maximum absolute atomic E-state index is 11.2. The minimum atomic E-state index is -1.24. The standard InChI is InChI=1S/C10H7N3O6/c14-9-1-2-12(5-8(9)13(17)18)4-6-3-7(10(15)16)11-19-6/h1-3,5H,4H2,(H,15,16). The van der Waals surface area contributed by atoms with E-state index in [0.29, 0.717) is 0 Å². The summed E-state index contributed by atoms with van der Waals surface area (Å²) in [6.07, 6.45) is 2.38. The predicted molar refractivity (Wildman–Crippen MR) is 59.9 cm³/mol. The molecule has 1 N–H and O–H groups in total. The molecule has 0 unspecified atom stereocenters. The van der Waals surface area contributed by atoms with Crippen LogP contribution in [0.2, 0.25) is 0 Å². The Hall–Kier alpha value is -2.97. The minimum absolute atomic E-state index is 0.0292. The van der Waals surface area contributed by atoms with Crippen LogP contribution in [0.1, 0.15) is 16.2 Å². The lowest BCUT2D eigenvalue weighted by atomic mass is 10.3. The molecule has 0 spiro atoms. The molecule has 98 valence electrons. The molecule has 0 saturated carbocycles. The van der Waals surface area contributed by atoms with E-state index >= 15 is 0 Å². The Balaban J connectivity index is 2.28. The first-order valence-electron chi connectivity index (χ1n) is 5.01. The van der Waals surface area contributed by atoms with E-state index < -0.39 is 22.0 Å². The van der Waals surface area contributed by atoms with Gasteiger partial charge in [-0.25, -0.2) is 4.79 Å². The van der Waals surface area contributed by atoms with Crippen LogP contribution < -0.4 is 5.43 Å².